The van der Waals surface area contributed by atoms with E-state index in [9.17, 15) is 4.79 Å². The van der Waals surface area contributed by atoms with Crippen LogP contribution in [0.3, 0.4) is 0 Å². The van der Waals surface area contributed by atoms with Crippen LogP contribution in [-0.2, 0) is 11.3 Å². The third kappa shape index (κ3) is 3.80. The molecule has 5 nitrogen and oxygen atoms in total. The van der Waals surface area contributed by atoms with Crippen molar-refractivity contribution in [2.45, 2.75) is 6.54 Å². The molecule has 2 rings (SSSR count). The number of rotatable bonds is 4. The van der Waals surface area contributed by atoms with E-state index in [1.807, 2.05) is 17.0 Å². The van der Waals surface area contributed by atoms with Gasteiger partial charge in [-0.3, -0.25) is 19.6 Å². The molecule has 17 heavy (non-hydrogen) atoms. The number of aliphatic carboxylic acids is 1. The summed E-state index contributed by atoms with van der Waals surface area (Å²) >= 11 is 0. The van der Waals surface area contributed by atoms with Gasteiger partial charge in [-0.05, 0) is 17.7 Å². The Labute approximate surface area is 101 Å². The minimum absolute atomic E-state index is 0.156. The molecule has 1 saturated heterocycles. The fourth-order valence-corrected chi connectivity index (χ4v) is 2.04. The van der Waals surface area contributed by atoms with Gasteiger partial charge in [0, 0.05) is 45.1 Å². The van der Waals surface area contributed by atoms with E-state index in [0.29, 0.717) is 0 Å². The van der Waals surface area contributed by atoms with Gasteiger partial charge in [-0.2, -0.15) is 0 Å². The molecule has 0 saturated carbocycles. The SMILES string of the molecule is O=C(O)CN1CCN(Cc2ccncc2)CC1. The van der Waals surface area contributed by atoms with Gasteiger partial charge in [-0.15, -0.1) is 0 Å². The van der Waals surface area contributed by atoms with Crippen LogP contribution in [0.2, 0.25) is 0 Å². The minimum atomic E-state index is -0.743. The van der Waals surface area contributed by atoms with Gasteiger partial charge < -0.3 is 5.11 Å². The summed E-state index contributed by atoms with van der Waals surface area (Å²) in [7, 11) is 0. The summed E-state index contributed by atoms with van der Waals surface area (Å²) in [5, 5.41) is 8.70. The van der Waals surface area contributed by atoms with E-state index in [-0.39, 0.29) is 6.54 Å². The summed E-state index contributed by atoms with van der Waals surface area (Å²) in [6.07, 6.45) is 3.60. The van der Waals surface area contributed by atoms with Crippen LogP contribution in [0.25, 0.3) is 0 Å². The highest BCUT2D eigenvalue weighted by Crippen LogP contribution is 2.07. The lowest BCUT2D eigenvalue weighted by molar-refractivity contribution is -0.138. The van der Waals surface area contributed by atoms with E-state index in [0.717, 1.165) is 32.7 Å². The number of hydrogen-bond donors (Lipinski definition) is 1. The first-order valence-electron chi connectivity index (χ1n) is 5.79. The number of aromatic nitrogens is 1. The normalized spacial score (nSPS) is 18.1. The molecule has 0 unspecified atom stereocenters. The van der Waals surface area contributed by atoms with Gasteiger partial charge in [-0.1, -0.05) is 0 Å². The summed E-state index contributed by atoms with van der Waals surface area (Å²) in [4.78, 5) is 18.9. The molecular weight excluding hydrogens is 218 g/mol. The lowest BCUT2D eigenvalue weighted by atomic mass is 10.2. The second-order valence-electron chi connectivity index (χ2n) is 4.30. The van der Waals surface area contributed by atoms with Gasteiger partial charge in [0.05, 0.1) is 6.54 Å². The van der Waals surface area contributed by atoms with Crippen LogP contribution in [0.15, 0.2) is 24.5 Å². The quantitative estimate of drug-likeness (QED) is 0.812. The first kappa shape index (κ1) is 12.0. The Bertz CT molecular complexity index is 361. The Hall–Kier alpha value is -1.46. The summed E-state index contributed by atoms with van der Waals surface area (Å²) in [5.41, 5.74) is 1.26. The predicted octanol–water partition coefficient (Wildman–Crippen LogP) is 0.284. The highest BCUT2D eigenvalue weighted by Gasteiger charge is 2.18. The Balaban J connectivity index is 1.78. The number of pyridine rings is 1. The molecule has 1 aliphatic rings. The standard InChI is InChI=1S/C12H17N3O2/c16-12(17)10-15-7-5-14(6-8-15)9-11-1-3-13-4-2-11/h1-4H,5-10H2,(H,16,17). The summed E-state index contributed by atoms with van der Waals surface area (Å²) in [6, 6.07) is 4.03. The molecule has 1 N–H and O–H groups in total. The molecule has 1 aromatic rings. The molecule has 1 aliphatic heterocycles. The number of carbonyl (C=O) groups is 1. The smallest absolute Gasteiger partial charge is 0.317 e. The Kier molecular flexibility index (Phi) is 4.06. The van der Waals surface area contributed by atoms with Crippen LogP contribution >= 0.6 is 0 Å². The van der Waals surface area contributed by atoms with Crippen LogP contribution in [0.5, 0.6) is 0 Å². The Morgan fingerprint density at radius 3 is 2.35 bits per heavy atom. The molecule has 0 bridgehead atoms. The molecule has 5 heteroatoms. The number of piperazine rings is 1. The Morgan fingerprint density at radius 1 is 1.18 bits per heavy atom. The molecule has 0 radical (unpaired) electrons. The van der Waals surface area contributed by atoms with E-state index in [1.165, 1.54) is 5.56 Å². The number of carboxylic acid groups (broad SMARTS) is 1. The molecule has 0 spiro atoms. The molecule has 92 valence electrons. The van der Waals surface area contributed by atoms with Crippen molar-refractivity contribution in [1.29, 1.82) is 0 Å². The van der Waals surface area contributed by atoms with Gasteiger partial charge >= 0.3 is 5.97 Å². The zero-order valence-electron chi connectivity index (χ0n) is 9.75. The maximum absolute atomic E-state index is 10.6. The molecule has 1 fully saturated rings. The lowest BCUT2D eigenvalue weighted by Gasteiger charge is -2.33. The average molecular weight is 235 g/mol. The van der Waals surface area contributed by atoms with Gasteiger partial charge in [0.15, 0.2) is 0 Å². The molecule has 0 aromatic carbocycles. The molecule has 0 amide bonds. The summed E-state index contributed by atoms with van der Waals surface area (Å²) in [5.74, 6) is -0.743. The van der Waals surface area contributed by atoms with Crippen molar-refractivity contribution < 1.29 is 9.90 Å². The van der Waals surface area contributed by atoms with Crippen LogP contribution < -0.4 is 0 Å². The van der Waals surface area contributed by atoms with E-state index >= 15 is 0 Å². The van der Waals surface area contributed by atoms with Crippen molar-refractivity contribution in [3.05, 3.63) is 30.1 Å². The van der Waals surface area contributed by atoms with E-state index < -0.39 is 5.97 Å². The number of hydrogen-bond acceptors (Lipinski definition) is 4. The van der Waals surface area contributed by atoms with E-state index in [1.54, 1.807) is 12.4 Å². The molecule has 2 heterocycles. The van der Waals surface area contributed by atoms with Crippen LogP contribution in [-0.4, -0.2) is 58.6 Å². The highest BCUT2D eigenvalue weighted by atomic mass is 16.4. The maximum atomic E-state index is 10.6. The second kappa shape index (κ2) is 5.75. The van der Waals surface area contributed by atoms with Crippen LogP contribution in [0, 0.1) is 0 Å². The fraction of sp³-hybridized carbons (Fsp3) is 0.500. The lowest BCUT2D eigenvalue weighted by Crippen LogP contribution is -2.47. The van der Waals surface area contributed by atoms with Crippen molar-refractivity contribution in [2.24, 2.45) is 0 Å². The van der Waals surface area contributed by atoms with Crippen molar-refractivity contribution in [2.75, 3.05) is 32.7 Å². The average Bonchev–Trinajstić information content (AvgIpc) is 2.32. The topological polar surface area (TPSA) is 56.7 Å². The number of nitrogens with zero attached hydrogens (tertiary/aromatic N) is 3. The first-order valence-corrected chi connectivity index (χ1v) is 5.79. The minimum Gasteiger partial charge on any atom is -0.480 e. The van der Waals surface area contributed by atoms with Gasteiger partial charge in [0.1, 0.15) is 0 Å². The predicted molar refractivity (Wildman–Crippen MR) is 63.6 cm³/mol. The van der Waals surface area contributed by atoms with E-state index in [4.69, 9.17) is 5.11 Å². The van der Waals surface area contributed by atoms with Crippen LogP contribution in [0.1, 0.15) is 5.56 Å². The van der Waals surface area contributed by atoms with Crippen molar-refractivity contribution in [3.8, 4) is 0 Å². The molecule has 0 atom stereocenters. The maximum Gasteiger partial charge on any atom is 0.317 e. The second-order valence-corrected chi connectivity index (χ2v) is 4.30. The third-order valence-electron chi connectivity index (χ3n) is 2.98. The zero-order valence-corrected chi connectivity index (χ0v) is 9.75. The number of carboxylic acids is 1. The molecule has 1 aromatic heterocycles. The first-order chi connectivity index (χ1) is 8.24. The highest BCUT2D eigenvalue weighted by molar-refractivity contribution is 5.69. The van der Waals surface area contributed by atoms with E-state index in [2.05, 4.69) is 9.88 Å². The third-order valence-corrected chi connectivity index (χ3v) is 2.98. The van der Waals surface area contributed by atoms with Crippen molar-refractivity contribution >= 4 is 5.97 Å². The zero-order chi connectivity index (χ0) is 12.1. The van der Waals surface area contributed by atoms with Gasteiger partial charge in [-0.25, -0.2) is 0 Å². The fourth-order valence-electron chi connectivity index (χ4n) is 2.04. The molecule has 0 aliphatic carbocycles. The Morgan fingerprint density at radius 2 is 1.76 bits per heavy atom. The van der Waals surface area contributed by atoms with Crippen LogP contribution in [0.4, 0.5) is 0 Å². The summed E-state index contributed by atoms with van der Waals surface area (Å²) < 4.78 is 0. The van der Waals surface area contributed by atoms with Gasteiger partial charge in [0.25, 0.3) is 0 Å². The van der Waals surface area contributed by atoms with Gasteiger partial charge in [0.2, 0.25) is 0 Å². The van der Waals surface area contributed by atoms with Crippen molar-refractivity contribution in [3.63, 3.8) is 0 Å². The summed E-state index contributed by atoms with van der Waals surface area (Å²) in [6.45, 7) is 4.59. The van der Waals surface area contributed by atoms with Crippen molar-refractivity contribution in [1.82, 2.24) is 14.8 Å². The monoisotopic (exact) mass is 235 g/mol. The molecular formula is C12H17N3O2. The largest absolute Gasteiger partial charge is 0.480 e.